The Morgan fingerprint density at radius 2 is 2.00 bits per heavy atom. The minimum absolute atomic E-state index is 0.00321. The molecule has 3 aromatic rings. The molecular formula is C23H25FN2O4S2. The molecule has 1 atom stereocenters. The maximum Gasteiger partial charge on any atom is 0.229 e. The highest BCUT2D eigenvalue weighted by Crippen LogP contribution is 2.33. The van der Waals surface area contributed by atoms with Crippen LogP contribution in [0.2, 0.25) is 0 Å². The third kappa shape index (κ3) is 5.00. The number of aryl methyl sites for hydroxylation is 2. The van der Waals surface area contributed by atoms with Crippen molar-refractivity contribution in [3.8, 4) is 0 Å². The number of carbonyl (C=O) groups is 1. The maximum atomic E-state index is 13.2. The van der Waals surface area contributed by atoms with E-state index in [1.165, 1.54) is 23.5 Å². The highest BCUT2D eigenvalue weighted by atomic mass is 32.2. The Kier molecular flexibility index (Phi) is 6.60. The number of rotatable bonds is 7. The highest BCUT2D eigenvalue weighted by Gasteiger charge is 2.28. The molecule has 4 rings (SSSR count). The second-order valence-corrected chi connectivity index (χ2v) is 11.2. The number of nitrogens with zero attached hydrogens (tertiary/aromatic N) is 2. The fourth-order valence-corrected chi connectivity index (χ4v) is 6.15. The number of halogens is 1. The minimum Gasteiger partial charge on any atom is -0.376 e. The van der Waals surface area contributed by atoms with Gasteiger partial charge in [0, 0.05) is 13.0 Å². The molecule has 0 spiro atoms. The third-order valence-electron chi connectivity index (χ3n) is 5.51. The van der Waals surface area contributed by atoms with Crippen molar-refractivity contribution in [3.63, 3.8) is 0 Å². The molecule has 1 aliphatic rings. The Hall–Kier alpha value is -2.36. The van der Waals surface area contributed by atoms with Gasteiger partial charge < -0.3 is 4.74 Å². The van der Waals surface area contributed by atoms with E-state index in [2.05, 4.69) is 11.1 Å². The van der Waals surface area contributed by atoms with Gasteiger partial charge in [0.2, 0.25) is 5.91 Å². The average Bonchev–Trinajstić information content (AvgIpc) is 3.40. The number of sulfone groups is 1. The molecule has 1 aromatic heterocycles. The summed E-state index contributed by atoms with van der Waals surface area (Å²) in [6.45, 7) is 5.01. The summed E-state index contributed by atoms with van der Waals surface area (Å²) in [5.41, 5.74) is 3.01. The van der Waals surface area contributed by atoms with Crippen molar-refractivity contribution in [2.75, 3.05) is 23.8 Å². The van der Waals surface area contributed by atoms with Crippen molar-refractivity contribution in [3.05, 3.63) is 53.3 Å². The molecule has 2 aromatic carbocycles. The van der Waals surface area contributed by atoms with Gasteiger partial charge in [-0.3, -0.25) is 9.69 Å². The highest BCUT2D eigenvalue weighted by molar-refractivity contribution is 7.91. The summed E-state index contributed by atoms with van der Waals surface area (Å²) >= 11 is 1.43. The van der Waals surface area contributed by atoms with Crippen LogP contribution in [0.25, 0.3) is 10.2 Å². The normalized spacial score (nSPS) is 16.5. The van der Waals surface area contributed by atoms with E-state index in [-0.39, 0.29) is 29.1 Å². The van der Waals surface area contributed by atoms with Gasteiger partial charge in [-0.1, -0.05) is 17.4 Å². The Morgan fingerprint density at radius 1 is 1.25 bits per heavy atom. The second kappa shape index (κ2) is 9.25. The standard InChI is InChI=1S/C23H25FN2O4S2/c1-15-12-16(2)22-20(13-15)25-23(31-22)26(14-18-4-3-10-30-18)21(27)9-11-32(28,29)19-7-5-17(24)6-8-19/h5-8,12-13,18H,3-4,9-11,14H2,1-2H3. The molecule has 0 aliphatic carbocycles. The molecule has 9 heteroatoms. The molecule has 0 radical (unpaired) electrons. The van der Waals surface area contributed by atoms with Crippen LogP contribution in [0.3, 0.4) is 0 Å². The quantitative estimate of drug-likeness (QED) is 0.472. The fourth-order valence-electron chi connectivity index (χ4n) is 3.88. The number of hydrogen-bond acceptors (Lipinski definition) is 6. The Balaban J connectivity index is 1.58. The minimum atomic E-state index is -3.71. The number of carbonyl (C=O) groups excluding carboxylic acids is 1. The van der Waals surface area contributed by atoms with Crippen molar-refractivity contribution in [1.82, 2.24) is 4.98 Å². The van der Waals surface area contributed by atoms with Gasteiger partial charge in [0.25, 0.3) is 0 Å². The van der Waals surface area contributed by atoms with Crippen LogP contribution in [-0.4, -0.2) is 44.3 Å². The van der Waals surface area contributed by atoms with Gasteiger partial charge in [-0.25, -0.2) is 17.8 Å². The summed E-state index contributed by atoms with van der Waals surface area (Å²) < 4.78 is 45.2. The number of thiazole rings is 1. The summed E-state index contributed by atoms with van der Waals surface area (Å²) in [7, 11) is -3.71. The zero-order valence-corrected chi connectivity index (χ0v) is 19.6. The zero-order valence-electron chi connectivity index (χ0n) is 18.0. The van der Waals surface area contributed by atoms with Crippen LogP contribution in [0, 0.1) is 19.7 Å². The molecule has 0 N–H and O–H groups in total. The number of amides is 1. The van der Waals surface area contributed by atoms with Gasteiger partial charge in [0.1, 0.15) is 5.82 Å². The number of anilines is 1. The van der Waals surface area contributed by atoms with E-state index in [0.717, 1.165) is 46.3 Å². The summed E-state index contributed by atoms with van der Waals surface area (Å²) in [6.07, 6.45) is 1.49. The molecule has 32 heavy (non-hydrogen) atoms. The Labute approximate surface area is 190 Å². The van der Waals surface area contributed by atoms with E-state index in [1.54, 1.807) is 4.90 Å². The van der Waals surface area contributed by atoms with Crippen LogP contribution >= 0.6 is 11.3 Å². The summed E-state index contributed by atoms with van der Waals surface area (Å²) in [5.74, 6) is -1.19. The molecule has 1 unspecified atom stereocenters. The van der Waals surface area contributed by atoms with Crippen LogP contribution in [0.15, 0.2) is 41.3 Å². The third-order valence-corrected chi connectivity index (χ3v) is 8.47. The van der Waals surface area contributed by atoms with E-state index < -0.39 is 15.7 Å². The predicted molar refractivity (Wildman–Crippen MR) is 123 cm³/mol. The molecule has 6 nitrogen and oxygen atoms in total. The summed E-state index contributed by atoms with van der Waals surface area (Å²) in [4.78, 5) is 19.5. The van der Waals surface area contributed by atoms with Gasteiger partial charge >= 0.3 is 0 Å². The Bertz CT molecular complexity index is 1230. The second-order valence-electron chi connectivity index (χ2n) is 8.09. The number of benzene rings is 2. The smallest absolute Gasteiger partial charge is 0.229 e. The fraction of sp³-hybridized carbons (Fsp3) is 0.391. The predicted octanol–water partition coefficient (Wildman–Crippen LogP) is 4.43. The topological polar surface area (TPSA) is 76.6 Å². The van der Waals surface area contributed by atoms with Gasteiger partial charge in [-0.05, 0) is 68.1 Å². The number of aromatic nitrogens is 1. The van der Waals surface area contributed by atoms with Crippen LogP contribution in [0.1, 0.15) is 30.4 Å². The molecular weight excluding hydrogens is 451 g/mol. The first-order valence-corrected chi connectivity index (χ1v) is 13.0. The van der Waals surface area contributed by atoms with E-state index in [4.69, 9.17) is 4.74 Å². The lowest BCUT2D eigenvalue weighted by Gasteiger charge is -2.23. The van der Waals surface area contributed by atoms with Crippen LogP contribution in [0.4, 0.5) is 9.52 Å². The zero-order chi connectivity index (χ0) is 22.9. The number of fused-ring (bicyclic) bond motifs is 1. The van der Waals surface area contributed by atoms with Crippen molar-refractivity contribution < 1.29 is 22.3 Å². The van der Waals surface area contributed by atoms with Crippen molar-refractivity contribution in [2.24, 2.45) is 0 Å². The first-order chi connectivity index (χ1) is 15.2. The van der Waals surface area contributed by atoms with Crippen LogP contribution in [0.5, 0.6) is 0 Å². The van der Waals surface area contributed by atoms with Crippen LogP contribution < -0.4 is 4.90 Å². The maximum absolute atomic E-state index is 13.2. The summed E-state index contributed by atoms with van der Waals surface area (Å²) in [6, 6.07) is 8.70. The van der Waals surface area contributed by atoms with E-state index in [1.807, 2.05) is 19.9 Å². The van der Waals surface area contributed by atoms with Gasteiger partial charge in [0.05, 0.1) is 33.5 Å². The van der Waals surface area contributed by atoms with Gasteiger partial charge in [-0.2, -0.15) is 0 Å². The number of hydrogen-bond donors (Lipinski definition) is 0. The molecule has 0 bridgehead atoms. The van der Waals surface area contributed by atoms with E-state index >= 15 is 0 Å². The van der Waals surface area contributed by atoms with Crippen molar-refractivity contribution in [1.29, 1.82) is 0 Å². The Morgan fingerprint density at radius 3 is 2.69 bits per heavy atom. The number of ether oxygens (including phenoxy) is 1. The first kappa shape index (κ1) is 22.8. The lowest BCUT2D eigenvalue weighted by Crippen LogP contribution is -2.38. The molecule has 1 saturated heterocycles. The largest absolute Gasteiger partial charge is 0.376 e. The van der Waals surface area contributed by atoms with E-state index in [0.29, 0.717) is 18.3 Å². The molecule has 1 amide bonds. The monoisotopic (exact) mass is 476 g/mol. The molecule has 2 heterocycles. The average molecular weight is 477 g/mol. The lowest BCUT2D eigenvalue weighted by atomic mass is 10.1. The summed E-state index contributed by atoms with van der Waals surface area (Å²) in [5, 5.41) is 0.549. The van der Waals surface area contributed by atoms with Gasteiger partial charge in [-0.15, -0.1) is 0 Å². The van der Waals surface area contributed by atoms with Crippen molar-refractivity contribution in [2.45, 2.75) is 44.1 Å². The molecule has 170 valence electrons. The first-order valence-electron chi connectivity index (χ1n) is 10.5. The molecule has 0 saturated carbocycles. The van der Waals surface area contributed by atoms with Crippen molar-refractivity contribution >= 4 is 42.4 Å². The van der Waals surface area contributed by atoms with E-state index in [9.17, 15) is 17.6 Å². The molecule has 1 fully saturated rings. The SMILES string of the molecule is Cc1cc(C)c2sc(N(CC3CCCO3)C(=O)CCS(=O)(=O)c3ccc(F)cc3)nc2c1. The molecule has 1 aliphatic heterocycles. The van der Waals surface area contributed by atoms with Gasteiger partial charge in [0.15, 0.2) is 15.0 Å². The van der Waals surface area contributed by atoms with Crippen LogP contribution in [-0.2, 0) is 19.4 Å². The lowest BCUT2D eigenvalue weighted by molar-refractivity contribution is -0.118.